The van der Waals surface area contributed by atoms with Crippen LogP contribution in [0.4, 0.5) is 5.69 Å². The first-order valence-corrected chi connectivity index (χ1v) is 10.8. The zero-order chi connectivity index (χ0) is 18.8. The van der Waals surface area contributed by atoms with E-state index in [1.807, 2.05) is 44.7 Å². The maximum Gasteiger partial charge on any atom is 0.245 e. The molecule has 2 saturated carbocycles. The Balaban J connectivity index is 1.60. The van der Waals surface area contributed by atoms with E-state index in [0.29, 0.717) is 13.0 Å². The van der Waals surface area contributed by atoms with Gasteiger partial charge in [0.05, 0.1) is 6.10 Å². The van der Waals surface area contributed by atoms with Crippen LogP contribution in [0.25, 0.3) is 0 Å². The number of anilines is 1. The summed E-state index contributed by atoms with van der Waals surface area (Å²) in [5, 5.41) is 3.84. The third kappa shape index (κ3) is 3.80. The summed E-state index contributed by atoms with van der Waals surface area (Å²) in [7, 11) is 0. The molecule has 26 heavy (non-hydrogen) atoms. The molecule has 0 aliphatic heterocycles. The molecule has 1 aromatic rings. The summed E-state index contributed by atoms with van der Waals surface area (Å²) in [6.45, 7) is 6.66. The molecule has 0 saturated heterocycles. The van der Waals surface area contributed by atoms with E-state index in [4.69, 9.17) is 10.5 Å². The van der Waals surface area contributed by atoms with E-state index in [1.54, 1.807) is 0 Å². The lowest BCUT2D eigenvalue weighted by Gasteiger charge is -2.57. The molecule has 2 unspecified atom stereocenters. The van der Waals surface area contributed by atoms with Gasteiger partial charge in [-0.15, -0.1) is 0 Å². The van der Waals surface area contributed by atoms with Crippen molar-refractivity contribution < 1.29 is 9.53 Å². The van der Waals surface area contributed by atoms with Gasteiger partial charge in [0.1, 0.15) is 5.54 Å². The van der Waals surface area contributed by atoms with Gasteiger partial charge in [0.15, 0.2) is 0 Å². The lowest BCUT2D eigenvalue weighted by Crippen LogP contribution is -2.74. The Morgan fingerprint density at radius 1 is 1.35 bits per heavy atom. The fraction of sp³-hybridized carbons (Fsp3) is 0.667. The Kier molecular flexibility index (Phi) is 6.00. The average molecular weight is 377 g/mol. The molecule has 2 atom stereocenters. The molecule has 2 aliphatic carbocycles. The molecule has 5 heteroatoms. The number of nitrogens with one attached hydrogen (secondary N) is 1. The minimum atomic E-state index is -0.887. The standard InChI is InChI=1S/C21H32N2O2S/c1-4-25-18-13-21(22,20(18,2)3)19(24)23-16-9-7-8-15(12-16)14-26-17-10-5-6-11-17/h7-9,12,17-18H,4-6,10-11,13-14,22H2,1-3H3,(H,23,24). The molecule has 1 aromatic carbocycles. The number of rotatable bonds is 7. The Morgan fingerprint density at radius 2 is 2.08 bits per heavy atom. The molecule has 0 bridgehead atoms. The molecular formula is C21H32N2O2S. The van der Waals surface area contributed by atoms with E-state index in [2.05, 4.69) is 17.4 Å². The van der Waals surface area contributed by atoms with Gasteiger partial charge in [-0.2, -0.15) is 11.8 Å². The van der Waals surface area contributed by atoms with Crippen LogP contribution in [0.2, 0.25) is 0 Å². The number of ether oxygens (including phenoxy) is 1. The summed E-state index contributed by atoms with van der Waals surface area (Å²) in [4.78, 5) is 12.9. The summed E-state index contributed by atoms with van der Waals surface area (Å²) in [5.41, 5.74) is 7.31. The molecule has 0 aromatic heterocycles. The van der Waals surface area contributed by atoms with Gasteiger partial charge in [0.25, 0.3) is 0 Å². The van der Waals surface area contributed by atoms with Crippen molar-refractivity contribution >= 4 is 23.4 Å². The van der Waals surface area contributed by atoms with Gasteiger partial charge in [0, 0.05) is 35.1 Å². The molecule has 3 N–H and O–H groups in total. The molecule has 0 heterocycles. The maximum atomic E-state index is 12.9. The van der Waals surface area contributed by atoms with Crippen LogP contribution in [0.3, 0.4) is 0 Å². The summed E-state index contributed by atoms with van der Waals surface area (Å²) in [5.74, 6) is 0.888. The van der Waals surface area contributed by atoms with Crippen molar-refractivity contribution in [3.05, 3.63) is 29.8 Å². The van der Waals surface area contributed by atoms with Gasteiger partial charge in [0.2, 0.25) is 5.91 Å². The van der Waals surface area contributed by atoms with E-state index >= 15 is 0 Å². The van der Waals surface area contributed by atoms with E-state index in [0.717, 1.165) is 16.7 Å². The lowest BCUT2D eigenvalue weighted by atomic mass is 9.54. The van der Waals surface area contributed by atoms with Crippen LogP contribution in [0.15, 0.2) is 24.3 Å². The van der Waals surface area contributed by atoms with Gasteiger partial charge in [-0.25, -0.2) is 0 Å². The summed E-state index contributed by atoms with van der Waals surface area (Å²) in [6.07, 6.45) is 6.02. The number of benzene rings is 1. The van der Waals surface area contributed by atoms with E-state index in [9.17, 15) is 4.79 Å². The molecule has 1 amide bonds. The smallest absolute Gasteiger partial charge is 0.245 e. The highest BCUT2D eigenvalue weighted by molar-refractivity contribution is 7.99. The van der Waals surface area contributed by atoms with Crippen molar-refractivity contribution in [1.29, 1.82) is 0 Å². The third-order valence-electron chi connectivity index (χ3n) is 6.21. The highest BCUT2D eigenvalue weighted by Crippen LogP contribution is 2.50. The predicted octanol–water partition coefficient (Wildman–Crippen LogP) is 4.33. The summed E-state index contributed by atoms with van der Waals surface area (Å²) in [6, 6.07) is 8.16. The zero-order valence-corrected chi connectivity index (χ0v) is 17.0. The summed E-state index contributed by atoms with van der Waals surface area (Å²) < 4.78 is 5.73. The van der Waals surface area contributed by atoms with Crippen LogP contribution in [-0.4, -0.2) is 29.4 Å². The Bertz CT molecular complexity index is 643. The second kappa shape index (κ2) is 7.91. The summed E-state index contributed by atoms with van der Waals surface area (Å²) >= 11 is 2.04. The van der Waals surface area contributed by atoms with E-state index in [-0.39, 0.29) is 17.4 Å². The van der Waals surface area contributed by atoms with Crippen LogP contribution in [0.1, 0.15) is 58.4 Å². The minimum absolute atomic E-state index is 0.0393. The van der Waals surface area contributed by atoms with Gasteiger partial charge in [-0.3, -0.25) is 4.79 Å². The fourth-order valence-electron chi connectivity index (χ4n) is 4.07. The van der Waals surface area contributed by atoms with Crippen molar-refractivity contribution in [2.75, 3.05) is 11.9 Å². The number of thioether (sulfide) groups is 1. The normalized spacial score (nSPS) is 27.9. The average Bonchev–Trinajstić information content (AvgIpc) is 3.13. The van der Waals surface area contributed by atoms with Crippen LogP contribution >= 0.6 is 11.8 Å². The number of amides is 1. The third-order valence-corrected chi connectivity index (χ3v) is 7.65. The SMILES string of the molecule is CCOC1CC(N)(C(=O)Nc2cccc(CSC3CCCC3)c2)C1(C)C. The zero-order valence-electron chi connectivity index (χ0n) is 16.2. The van der Waals surface area contributed by atoms with Crippen LogP contribution in [0.5, 0.6) is 0 Å². The molecule has 2 aliphatic rings. The molecule has 4 nitrogen and oxygen atoms in total. The van der Waals surface area contributed by atoms with Crippen molar-refractivity contribution in [3.63, 3.8) is 0 Å². The van der Waals surface area contributed by atoms with Crippen molar-refractivity contribution in [2.24, 2.45) is 11.1 Å². The van der Waals surface area contributed by atoms with Gasteiger partial charge in [-0.05, 0) is 37.5 Å². The van der Waals surface area contributed by atoms with Crippen molar-refractivity contribution in [1.82, 2.24) is 0 Å². The first kappa shape index (κ1) is 19.7. The molecular weight excluding hydrogens is 344 g/mol. The Hall–Kier alpha value is -1.04. The van der Waals surface area contributed by atoms with E-state index in [1.165, 1.54) is 31.2 Å². The number of carbonyl (C=O) groups is 1. The van der Waals surface area contributed by atoms with E-state index < -0.39 is 5.54 Å². The number of hydrogen-bond donors (Lipinski definition) is 2. The predicted molar refractivity (Wildman–Crippen MR) is 109 cm³/mol. The fourth-order valence-corrected chi connectivity index (χ4v) is 5.35. The Labute approximate surface area is 161 Å². The number of nitrogens with two attached hydrogens (primary N) is 1. The molecule has 3 rings (SSSR count). The molecule has 2 fully saturated rings. The molecule has 144 valence electrons. The topological polar surface area (TPSA) is 64.3 Å². The minimum Gasteiger partial charge on any atom is -0.378 e. The first-order valence-electron chi connectivity index (χ1n) is 9.79. The Morgan fingerprint density at radius 3 is 2.73 bits per heavy atom. The molecule has 0 radical (unpaired) electrons. The monoisotopic (exact) mass is 376 g/mol. The highest BCUT2D eigenvalue weighted by atomic mass is 32.2. The molecule has 0 spiro atoms. The van der Waals surface area contributed by atoms with Crippen LogP contribution < -0.4 is 11.1 Å². The lowest BCUT2D eigenvalue weighted by molar-refractivity contribution is -0.166. The first-order chi connectivity index (χ1) is 12.4. The van der Waals surface area contributed by atoms with Crippen molar-refractivity contribution in [2.45, 2.75) is 75.5 Å². The quantitative estimate of drug-likeness (QED) is 0.743. The van der Waals surface area contributed by atoms with Gasteiger partial charge >= 0.3 is 0 Å². The van der Waals surface area contributed by atoms with Crippen molar-refractivity contribution in [3.8, 4) is 0 Å². The van der Waals surface area contributed by atoms with Gasteiger partial charge < -0.3 is 15.8 Å². The second-order valence-electron chi connectivity index (χ2n) is 8.21. The highest BCUT2D eigenvalue weighted by Gasteiger charge is 2.62. The number of hydrogen-bond acceptors (Lipinski definition) is 4. The maximum absolute atomic E-state index is 12.9. The van der Waals surface area contributed by atoms with Crippen LogP contribution in [-0.2, 0) is 15.3 Å². The van der Waals surface area contributed by atoms with Gasteiger partial charge in [-0.1, -0.05) is 38.8 Å². The largest absolute Gasteiger partial charge is 0.378 e. The van der Waals surface area contributed by atoms with Crippen LogP contribution in [0, 0.1) is 5.41 Å². The number of carbonyl (C=O) groups excluding carboxylic acids is 1. The second-order valence-corrected chi connectivity index (χ2v) is 9.50.